The van der Waals surface area contributed by atoms with Crippen LogP contribution in [-0.4, -0.2) is 32.5 Å². The number of sulfone groups is 1. The van der Waals surface area contributed by atoms with Gasteiger partial charge in [-0.2, -0.15) is 0 Å². The van der Waals surface area contributed by atoms with Crippen LogP contribution < -0.4 is 10.2 Å². The summed E-state index contributed by atoms with van der Waals surface area (Å²) >= 11 is 0. The second kappa shape index (κ2) is 8.62. The molecule has 26 heavy (non-hydrogen) atoms. The highest BCUT2D eigenvalue weighted by Crippen LogP contribution is 2.18. The number of anilines is 2. The number of benzene rings is 2. The molecule has 0 fully saturated rings. The fourth-order valence-electron chi connectivity index (χ4n) is 2.53. The average molecular weight is 374 g/mol. The lowest BCUT2D eigenvalue weighted by molar-refractivity contribution is -0.118. The molecule has 0 unspecified atom stereocenters. The summed E-state index contributed by atoms with van der Waals surface area (Å²) in [6, 6.07) is 15.1. The van der Waals surface area contributed by atoms with Gasteiger partial charge in [-0.05, 0) is 43.3 Å². The Labute approximate surface area is 153 Å². The molecule has 138 valence electrons. The van der Waals surface area contributed by atoms with Gasteiger partial charge in [-0.1, -0.05) is 18.2 Å². The molecule has 0 saturated heterocycles. The van der Waals surface area contributed by atoms with E-state index in [1.54, 1.807) is 4.90 Å². The topological polar surface area (TPSA) is 83.6 Å². The lowest BCUT2D eigenvalue weighted by atomic mass is 10.2. The van der Waals surface area contributed by atoms with Crippen molar-refractivity contribution in [1.29, 1.82) is 0 Å². The molecule has 0 spiro atoms. The molecule has 2 aromatic carbocycles. The maximum absolute atomic E-state index is 12.5. The van der Waals surface area contributed by atoms with E-state index in [1.165, 1.54) is 31.2 Å². The summed E-state index contributed by atoms with van der Waals surface area (Å²) in [5.41, 5.74) is 1.27. The van der Waals surface area contributed by atoms with Gasteiger partial charge in [0.1, 0.15) is 0 Å². The summed E-state index contributed by atoms with van der Waals surface area (Å²) in [5, 5.41) is 2.58. The van der Waals surface area contributed by atoms with Crippen molar-refractivity contribution in [3.63, 3.8) is 0 Å². The van der Waals surface area contributed by atoms with E-state index in [4.69, 9.17) is 0 Å². The van der Waals surface area contributed by atoms with E-state index in [9.17, 15) is 18.0 Å². The van der Waals surface area contributed by atoms with E-state index >= 15 is 0 Å². The lowest BCUT2D eigenvalue weighted by Gasteiger charge is -2.21. The quantitative estimate of drug-likeness (QED) is 0.808. The Bertz CT molecular complexity index is 862. The largest absolute Gasteiger partial charge is 0.326 e. The summed E-state index contributed by atoms with van der Waals surface area (Å²) in [6.45, 7) is 3.69. The van der Waals surface area contributed by atoms with Crippen LogP contribution in [0.1, 0.15) is 20.3 Å². The molecule has 0 radical (unpaired) electrons. The second-order valence-electron chi connectivity index (χ2n) is 5.75. The number of para-hydroxylation sites is 1. The third kappa shape index (κ3) is 5.16. The summed E-state index contributed by atoms with van der Waals surface area (Å²) in [4.78, 5) is 25.1. The van der Waals surface area contributed by atoms with Gasteiger partial charge in [-0.3, -0.25) is 9.59 Å². The lowest BCUT2D eigenvalue weighted by Crippen LogP contribution is -2.31. The molecular formula is C19H22N2O4S. The molecule has 0 heterocycles. The number of nitrogens with zero attached hydrogens (tertiary/aromatic N) is 1. The molecule has 2 aromatic rings. The van der Waals surface area contributed by atoms with Gasteiger partial charge in [-0.15, -0.1) is 0 Å². The highest BCUT2D eigenvalue weighted by atomic mass is 32.2. The highest BCUT2D eigenvalue weighted by Gasteiger charge is 2.20. The fraction of sp³-hybridized carbons (Fsp3) is 0.263. The zero-order chi connectivity index (χ0) is 19.2. The van der Waals surface area contributed by atoms with Crippen LogP contribution in [0.15, 0.2) is 59.5 Å². The monoisotopic (exact) mass is 374 g/mol. The van der Waals surface area contributed by atoms with E-state index in [0.717, 1.165) is 5.69 Å². The van der Waals surface area contributed by atoms with Crippen LogP contribution in [0.5, 0.6) is 0 Å². The van der Waals surface area contributed by atoms with Crippen LogP contribution in [-0.2, 0) is 19.4 Å². The molecule has 0 saturated carbocycles. The number of hydrogen-bond donors (Lipinski definition) is 1. The van der Waals surface area contributed by atoms with Crippen molar-refractivity contribution in [2.24, 2.45) is 0 Å². The first kappa shape index (κ1) is 19.7. The summed E-state index contributed by atoms with van der Waals surface area (Å²) in [7, 11) is -3.58. The molecule has 0 bridgehead atoms. The Morgan fingerprint density at radius 2 is 1.62 bits per heavy atom. The van der Waals surface area contributed by atoms with E-state index in [1.807, 2.05) is 37.3 Å². The zero-order valence-electron chi connectivity index (χ0n) is 14.8. The summed E-state index contributed by atoms with van der Waals surface area (Å²) < 4.78 is 24.9. The minimum atomic E-state index is -3.58. The molecule has 0 aliphatic rings. The van der Waals surface area contributed by atoms with Crippen LogP contribution in [0.25, 0.3) is 0 Å². The molecule has 0 aromatic heterocycles. The van der Waals surface area contributed by atoms with Crippen LogP contribution in [0, 0.1) is 0 Å². The molecule has 7 heteroatoms. The standard InChI is InChI=1S/C19H22N2O4S/c1-3-21(17-7-5-4-6-8-17)19(23)13-14-26(24,25)18-11-9-16(10-12-18)20-15(2)22/h4-12H,3,13-14H2,1-2H3,(H,20,22). The number of rotatable bonds is 7. The summed E-state index contributed by atoms with van der Waals surface area (Å²) in [5.74, 6) is -0.738. The second-order valence-corrected chi connectivity index (χ2v) is 7.86. The Morgan fingerprint density at radius 3 is 2.15 bits per heavy atom. The molecule has 2 rings (SSSR count). The van der Waals surface area contributed by atoms with Gasteiger partial charge in [0.15, 0.2) is 9.84 Å². The van der Waals surface area contributed by atoms with E-state index in [0.29, 0.717) is 12.2 Å². The van der Waals surface area contributed by atoms with Crippen LogP contribution in [0.2, 0.25) is 0 Å². The third-order valence-electron chi connectivity index (χ3n) is 3.80. The first-order valence-corrected chi connectivity index (χ1v) is 9.94. The number of nitrogens with one attached hydrogen (secondary N) is 1. The zero-order valence-corrected chi connectivity index (χ0v) is 15.6. The van der Waals surface area contributed by atoms with E-state index in [2.05, 4.69) is 5.32 Å². The smallest absolute Gasteiger partial charge is 0.228 e. The molecule has 6 nitrogen and oxygen atoms in total. The van der Waals surface area contributed by atoms with Crippen LogP contribution in [0.4, 0.5) is 11.4 Å². The van der Waals surface area contributed by atoms with Crippen molar-refractivity contribution in [3.8, 4) is 0 Å². The maximum Gasteiger partial charge on any atom is 0.228 e. The maximum atomic E-state index is 12.5. The van der Waals surface area contributed by atoms with Crippen molar-refractivity contribution in [1.82, 2.24) is 0 Å². The molecule has 0 aliphatic carbocycles. The van der Waals surface area contributed by atoms with Crippen molar-refractivity contribution in [2.75, 3.05) is 22.5 Å². The third-order valence-corrected chi connectivity index (χ3v) is 5.54. The first-order chi connectivity index (χ1) is 12.3. The van der Waals surface area contributed by atoms with Gasteiger partial charge in [0.05, 0.1) is 10.6 Å². The van der Waals surface area contributed by atoms with Gasteiger partial charge < -0.3 is 10.2 Å². The van der Waals surface area contributed by atoms with Gasteiger partial charge in [0.25, 0.3) is 0 Å². The Hall–Kier alpha value is -2.67. The average Bonchev–Trinajstić information content (AvgIpc) is 2.61. The number of hydrogen-bond acceptors (Lipinski definition) is 4. The molecule has 0 atom stereocenters. The SMILES string of the molecule is CCN(C(=O)CCS(=O)(=O)c1ccc(NC(C)=O)cc1)c1ccccc1. The molecular weight excluding hydrogens is 352 g/mol. The van der Waals surface area contributed by atoms with Crippen molar-refractivity contribution in [2.45, 2.75) is 25.2 Å². The fourth-order valence-corrected chi connectivity index (χ4v) is 3.76. The Balaban J connectivity index is 2.04. The van der Waals surface area contributed by atoms with Crippen LogP contribution in [0.3, 0.4) is 0 Å². The molecule has 2 amide bonds. The minimum absolute atomic E-state index is 0.0987. The Morgan fingerprint density at radius 1 is 1.00 bits per heavy atom. The van der Waals surface area contributed by atoms with E-state index in [-0.39, 0.29) is 28.9 Å². The first-order valence-electron chi connectivity index (χ1n) is 8.29. The number of carbonyl (C=O) groups is 2. The summed E-state index contributed by atoms with van der Waals surface area (Å²) in [6.07, 6.45) is -0.0987. The van der Waals surface area contributed by atoms with Gasteiger partial charge >= 0.3 is 0 Å². The van der Waals surface area contributed by atoms with Crippen molar-refractivity contribution < 1.29 is 18.0 Å². The van der Waals surface area contributed by atoms with Gasteiger partial charge in [0, 0.05) is 31.3 Å². The molecule has 0 aliphatic heterocycles. The van der Waals surface area contributed by atoms with E-state index < -0.39 is 9.84 Å². The minimum Gasteiger partial charge on any atom is -0.326 e. The normalized spacial score (nSPS) is 11.0. The van der Waals surface area contributed by atoms with Gasteiger partial charge in [0.2, 0.25) is 11.8 Å². The molecule has 1 N–H and O–H groups in total. The number of amides is 2. The predicted molar refractivity (Wildman–Crippen MR) is 102 cm³/mol. The predicted octanol–water partition coefficient (Wildman–Crippen LogP) is 2.86. The highest BCUT2D eigenvalue weighted by molar-refractivity contribution is 7.91. The van der Waals surface area contributed by atoms with Crippen molar-refractivity contribution in [3.05, 3.63) is 54.6 Å². The Kier molecular flexibility index (Phi) is 6.52. The van der Waals surface area contributed by atoms with Gasteiger partial charge in [-0.25, -0.2) is 8.42 Å². The van der Waals surface area contributed by atoms with Crippen LogP contribution >= 0.6 is 0 Å². The number of carbonyl (C=O) groups excluding carboxylic acids is 2. The van der Waals surface area contributed by atoms with Crippen molar-refractivity contribution >= 4 is 33.0 Å².